The average molecular weight is 471 g/mol. The molecule has 170 valence electrons. The second-order valence-electron chi connectivity index (χ2n) is 7.67. The Bertz CT molecular complexity index is 1130. The lowest BCUT2D eigenvalue weighted by Crippen LogP contribution is -2.27. The van der Waals surface area contributed by atoms with E-state index >= 15 is 0 Å². The maximum atomic E-state index is 12.9. The van der Waals surface area contributed by atoms with Crippen LogP contribution in [-0.4, -0.2) is 22.5 Å². The maximum Gasteiger partial charge on any atom is 0.416 e. The second-order valence-corrected chi connectivity index (χ2v) is 8.74. The number of amides is 2. The van der Waals surface area contributed by atoms with Crippen LogP contribution in [0.2, 0.25) is 0 Å². The van der Waals surface area contributed by atoms with E-state index in [1.165, 1.54) is 23.9 Å². The monoisotopic (exact) mass is 470 g/mol. The molecule has 8 heteroatoms. The maximum absolute atomic E-state index is 12.9. The first-order valence-corrected chi connectivity index (χ1v) is 11.4. The third kappa shape index (κ3) is 5.57. The summed E-state index contributed by atoms with van der Waals surface area (Å²) in [5.41, 5.74) is 1.98. The molecule has 0 aromatic heterocycles. The summed E-state index contributed by atoms with van der Waals surface area (Å²) >= 11 is 1.54. The van der Waals surface area contributed by atoms with Crippen molar-refractivity contribution in [1.29, 1.82) is 0 Å². The van der Waals surface area contributed by atoms with E-state index in [-0.39, 0.29) is 23.7 Å². The van der Waals surface area contributed by atoms with Gasteiger partial charge < -0.3 is 10.2 Å². The number of nitrogens with zero attached hydrogens (tertiary/aromatic N) is 1. The van der Waals surface area contributed by atoms with Gasteiger partial charge in [-0.3, -0.25) is 9.59 Å². The Morgan fingerprint density at radius 3 is 2.36 bits per heavy atom. The highest BCUT2D eigenvalue weighted by Gasteiger charge is 2.33. The summed E-state index contributed by atoms with van der Waals surface area (Å²) in [4.78, 5) is 26.7. The van der Waals surface area contributed by atoms with Gasteiger partial charge in [0.25, 0.3) is 5.91 Å². The fourth-order valence-electron chi connectivity index (χ4n) is 3.62. The Morgan fingerprint density at radius 2 is 1.67 bits per heavy atom. The molecule has 0 spiro atoms. The van der Waals surface area contributed by atoms with E-state index in [4.69, 9.17) is 0 Å². The lowest BCUT2D eigenvalue weighted by atomic mass is 10.1. The zero-order chi connectivity index (χ0) is 23.4. The van der Waals surface area contributed by atoms with Crippen molar-refractivity contribution < 1.29 is 22.8 Å². The SMILES string of the molecule is O=C(NCc1cccc(C(F)(F)F)c1)c1ccc(C2SCC(=O)N2Cc2ccccc2)cc1. The van der Waals surface area contributed by atoms with Gasteiger partial charge in [-0.15, -0.1) is 11.8 Å². The Kier molecular flexibility index (Phi) is 6.74. The van der Waals surface area contributed by atoms with Gasteiger partial charge in [0.1, 0.15) is 5.37 Å². The van der Waals surface area contributed by atoms with Crippen molar-refractivity contribution in [2.75, 3.05) is 5.75 Å². The van der Waals surface area contributed by atoms with Crippen LogP contribution in [0.25, 0.3) is 0 Å². The number of rotatable bonds is 6. The van der Waals surface area contributed by atoms with Crippen molar-refractivity contribution in [3.63, 3.8) is 0 Å². The van der Waals surface area contributed by atoms with Gasteiger partial charge in [-0.1, -0.05) is 54.6 Å². The molecule has 1 N–H and O–H groups in total. The summed E-state index contributed by atoms with van der Waals surface area (Å²) in [5.74, 6) is 0.0866. The third-order valence-corrected chi connectivity index (χ3v) is 6.59. The van der Waals surface area contributed by atoms with Gasteiger partial charge in [-0.05, 0) is 41.0 Å². The molecule has 4 rings (SSSR count). The van der Waals surface area contributed by atoms with Crippen molar-refractivity contribution >= 4 is 23.6 Å². The predicted molar refractivity (Wildman–Crippen MR) is 121 cm³/mol. The van der Waals surface area contributed by atoms with Crippen LogP contribution in [0.1, 0.15) is 38.0 Å². The number of alkyl halides is 3. The second kappa shape index (κ2) is 9.70. The number of nitrogens with one attached hydrogen (secondary N) is 1. The van der Waals surface area contributed by atoms with E-state index in [9.17, 15) is 22.8 Å². The molecule has 1 aliphatic heterocycles. The molecule has 1 atom stereocenters. The lowest BCUT2D eigenvalue weighted by molar-refractivity contribution is -0.137. The lowest BCUT2D eigenvalue weighted by Gasteiger charge is -2.24. The fourth-order valence-corrected chi connectivity index (χ4v) is 4.81. The minimum atomic E-state index is -4.43. The van der Waals surface area contributed by atoms with Gasteiger partial charge in [0.15, 0.2) is 0 Å². The fraction of sp³-hybridized carbons (Fsp3) is 0.200. The molecule has 2 amide bonds. The van der Waals surface area contributed by atoms with Crippen molar-refractivity contribution in [2.24, 2.45) is 0 Å². The Labute approximate surface area is 193 Å². The van der Waals surface area contributed by atoms with E-state index < -0.39 is 11.7 Å². The van der Waals surface area contributed by atoms with E-state index in [1.54, 1.807) is 12.1 Å². The number of carbonyl (C=O) groups excluding carboxylic acids is 2. The van der Waals surface area contributed by atoms with E-state index in [0.29, 0.717) is 23.4 Å². The molecule has 1 aliphatic rings. The first-order valence-electron chi connectivity index (χ1n) is 10.3. The first-order chi connectivity index (χ1) is 15.8. The van der Waals surface area contributed by atoms with Crippen molar-refractivity contribution in [1.82, 2.24) is 10.2 Å². The van der Waals surface area contributed by atoms with Gasteiger partial charge in [0, 0.05) is 18.7 Å². The smallest absolute Gasteiger partial charge is 0.348 e. The first kappa shape index (κ1) is 22.9. The highest BCUT2D eigenvalue weighted by Crippen LogP contribution is 2.39. The summed E-state index contributed by atoms with van der Waals surface area (Å²) in [7, 11) is 0. The summed E-state index contributed by atoms with van der Waals surface area (Å²) in [5, 5.41) is 2.52. The van der Waals surface area contributed by atoms with Gasteiger partial charge in [-0.25, -0.2) is 0 Å². The topological polar surface area (TPSA) is 49.4 Å². The number of hydrogen-bond donors (Lipinski definition) is 1. The average Bonchev–Trinajstić information content (AvgIpc) is 3.18. The van der Waals surface area contributed by atoms with Crippen LogP contribution in [0, 0.1) is 0 Å². The molecule has 1 saturated heterocycles. The van der Waals surface area contributed by atoms with E-state index in [1.807, 2.05) is 47.4 Å². The molecule has 0 aliphatic carbocycles. The predicted octanol–water partition coefficient (Wildman–Crippen LogP) is 5.41. The minimum absolute atomic E-state index is 0.0116. The van der Waals surface area contributed by atoms with Gasteiger partial charge >= 0.3 is 6.18 Å². The van der Waals surface area contributed by atoms with E-state index in [0.717, 1.165) is 23.3 Å². The van der Waals surface area contributed by atoms with Gasteiger partial charge in [0.2, 0.25) is 5.91 Å². The van der Waals surface area contributed by atoms with Crippen LogP contribution in [0.5, 0.6) is 0 Å². The molecule has 0 bridgehead atoms. The normalized spacial score (nSPS) is 16.2. The molecule has 1 unspecified atom stereocenters. The summed E-state index contributed by atoms with van der Waals surface area (Å²) in [6.07, 6.45) is -4.43. The summed E-state index contributed by atoms with van der Waals surface area (Å²) in [6, 6.07) is 21.6. The molecule has 3 aromatic carbocycles. The molecular weight excluding hydrogens is 449 g/mol. The molecule has 0 radical (unpaired) electrons. The molecule has 1 heterocycles. The van der Waals surface area contributed by atoms with Crippen LogP contribution < -0.4 is 5.32 Å². The number of hydrogen-bond acceptors (Lipinski definition) is 3. The van der Waals surface area contributed by atoms with Crippen molar-refractivity contribution in [3.05, 3.63) is 107 Å². The van der Waals surface area contributed by atoms with Crippen LogP contribution >= 0.6 is 11.8 Å². The number of halogens is 3. The van der Waals surface area contributed by atoms with Crippen molar-refractivity contribution in [2.45, 2.75) is 24.6 Å². The highest BCUT2D eigenvalue weighted by molar-refractivity contribution is 8.00. The van der Waals surface area contributed by atoms with Crippen LogP contribution in [0.4, 0.5) is 13.2 Å². The zero-order valence-corrected chi connectivity index (χ0v) is 18.3. The molecular formula is C25H21F3N2O2S. The molecule has 33 heavy (non-hydrogen) atoms. The highest BCUT2D eigenvalue weighted by atomic mass is 32.2. The molecule has 4 nitrogen and oxygen atoms in total. The third-order valence-electron chi connectivity index (χ3n) is 5.33. The van der Waals surface area contributed by atoms with Gasteiger partial charge in [0.05, 0.1) is 11.3 Å². The van der Waals surface area contributed by atoms with Crippen LogP contribution in [0.3, 0.4) is 0 Å². The quantitative estimate of drug-likeness (QED) is 0.524. The van der Waals surface area contributed by atoms with Gasteiger partial charge in [-0.2, -0.15) is 13.2 Å². The van der Waals surface area contributed by atoms with Crippen LogP contribution in [0.15, 0.2) is 78.9 Å². The Morgan fingerprint density at radius 1 is 0.970 bits per heavy atom. The standard InChI is InChI=1S/C25H21F3N2O2S/c26-25(27,28)21-8-4-7-18(13-21)14-29-23(32)19-9-11-20(12-10-19)24-30(22(31)16-33-24)15-17-5-2-1-3-6-17/h1-13,24H,14-16H2,(H,29,32). The largest absolute Gasteiger partial charge is 0.416 e. The Balaban J connectivity index is 1.40. The van der Waals surface area contributed by atoms with Crippen LogP contribution in [-0.2, 0) is 24.1 Å². The number of thioether (sulfide) groups is 1. The zero-order valence-electron chi connectivity index (χ0n) is 17.5. The molecule has 3 aromatic rings. The number of carbonyl (C=O) groups is 2. The Hall–Kier alpha value is -3.26. The summed E-state index contributed by atoms with van der Waals surface area (Å²) < 4.78 is 38.6. The summed E-state index contributed by atoms with van der Waals surface area (Å²) in [6.45, 7) is 0.499. The number of benzene rings is 3. The molecule has 1 fully saturated rings. The molecule has 0 saturated carbocycles. The minimum Gasteiger partial charge on any atom is -0.348 e. The van der Waals surface area contributed by atoms with Crippen molar-refractivity contribution in [3.8, 4) is 0 Å². The van der Waals surface area contributed by atoms with E-state index in [2.05, 4.69) is 5.32 Å².